The minimum Gasteiger partial charge on any atom is -0.344 e. The molecule has 1 heteroatoms. The molecule has 1 atom stereocenters. The van der Waals surface area contributed by atoms with Crippen molar-refractivity contribution in [2.24, 2.45) is 7.05 Å². The Hall–Kier alpha value is -1.50. The summed E-state index contributed by atoms with van der Waals surface area (Å²) < 4.78 is 2.34. The number of nitrogens with zero attached hydrogens (tertiary/aromatic N) is 1. The lowest BCUT2D eigenvalue weighted by molar-refractivity contribution is 0.909. The number of aryl methyl sites for hydroxylation is 1. The zero-order valence-electron chi connectivity index (χ0n) is 10.3. The summed E-state index contributed by atoms with van der Waals surface area (Å²) in [4.78, 5) is 0. The van der Waals surface area contributed by atoms with Crippen molar-refractivity contribution in [1.82, 2.24) is 4.57 Å². The molecule has 1 aromatic heterocycles. The van der Waals surface area contributed by atoms with Crippen molar-refractivity contribution < 1.29 is 0 Å². The Balaban J connectivity index is 2.49. The fourth-order valence-electron chi connectivity index (χ4n) is 3.04. The maximum Gasteiger partial charge on any atom is 0.0485 e. The van der Waals surface area contributed by atoms with E-state index < -0.39 is 0 Å². The lowest BCUT2D eigenvalue weighted by Crippen LogP contribution is -1.92. The molecular formula is C15H17N. The third-order valence-corrected chi connectivity index (χ3v) is 4.18. The van der Waals surface area contributed by atoms with Gasteiger partial charge in [0.15, 0.2) is 0 Å². The Morgan fingerprint density at radius 2 is 1.81 bits per heavy atom. The van der Waals surface area contributed by atoms with E-state index in [1.54, 1.807) is 0 Å². The summed E-state index contributed by atoms with van der Waals surface area (Å²) in [7, 11) is 2.18. The molecule has 0 saturated carbocycles. The second-order valence-electron chi connectivity index (χ2n) is 4.87. The third kappa shape index (κ3) is 0.960. The van der Waals surface area contributed by atoms with Crippen molar-refractivity contribution in [3.63, 3.8) is 0 Å². The van der Waals surface area contributed by atoms with Crippen LogP contribution in [0.5, 0.6) is 0 Å². The fraction of sp³-hybridized carbons (Fsp3) is 0.333. The van der Waals surface area contributed by atoms with Gasteiger partial charge in [0, 0.05) is 29.6 Å². The number of aromatic nitrogens is 1. The highest BCUT2D eigenvalue weighted by molar-refractivity contribution is 5.94. The van der Waals surface area contributed by atoms with E-state index in [-0.39, 0.29) is 0 Å². The van der Waals surface area contributed by atoms with E-state index in [1.807, 2.05) is 0 Å². The van der Waals surface area contributed by atoms with Gasteiger partial charge in [-0.3, -0.25) is 0 Å². The van der Waals surface area contributed by atoms with Gasteiger partial charge < -0.3 is 4.57 Å². The normalized spacial score (nSPS) is 19.6. The second-order valence-corrected chi connectivity index (χ2v) is 4.87. The van der Waals surface area contributed by atoms with Crippen LogP contribution in [0, 0.1) is 0 Å². The first kappa shape index (κ1) is 9.71. The number of hydrogen-bond donors (Lipinski definition) is 0. The minimum atomic E-state index is 0.570. The number of para-hydroxylation sites is 1. The van der Waals surface area contributed by atoms with Crippen molar-refractivity contribution in [1.29, 1.82) is 0 Å². The van der Waals surface area contributed by atoms with Gasteiger partial charge in [-0.15, -0.1) is 0 Å². The standard InChI is InChI=1S/C15H17N/c1-9-10(2)14-12-7-5-6-8-13(12)16(4)15(14)11(9)3/h5-8,10H,1-4H3. The number of allylic oxidation sites excluding steroid dienone is 2. The van der Waals surface area contributed by atoms with Crippen LogP contribution in [0.4, 0.5) is 0 Å². The molecule has 0 radical (unpaired) electrons. The molecule has 1 heterocycles. The smallest absolute Gasteiger partial charge is 0.0485 e. The maximum absolute atomic E-state index is 2.34. The first-order valence-corrected chi connectivity index (χ1v) is 5.88. The van der Waals surface area contributed by atoms with Gasteiger partial charge in [0.1, 0.15) is 0 Å². The molecule has 0 N–H and O–H groups in total. The van der Waals surface area contributed by atoms with Crippen LogP contribution in [-0.2, 0) is 7.05 Å². The topological polar surface area (TPSA) is 4.93 Å². The number of fused-ring (bicyclic) bond motifs is 3. The Morgan fingerprint density at radius 1 is 1.12 bits per heavy atom. The van der Waals surface area contributed by atoms with Crippen LogP contribution in [0.15, 0.2) is 29.8 Å². The fourth-order valence-corrected chi connectivity index (χ4v) is 3.04. The molecule has 2 aromatic rings. The van der Waals surface area contributed by atoms with E-state index in [0.29, 0.717) is 5.92 Å². The van der Waals surface area contributed by atoms with Crippen LogP contribution >= 0.6 is 0 Å². The first-order chi connectivity index (χ1) is 7.63. The summed E-state index contributed by atoms with van der Waals surface area (Å²) in [6.07, 6.45) is 0. The lowest BCUT2D eigenvalue weighted by atomic mass is 9.98. The van der Waals surface area contributed by atoms with Crippen LogP contribution in [0.2, 0.25) is 0 Å². The predicted molar refractivity (Wildman–Crippen MR) is 69.6 cm³/mol. The van der Waals surface area contributed by atoms with Crippen LogP contribution in [0.3, 0.4) is 0 Å². The van der Waals surface area contributed by atoms with Gasteiger partial charge >= 0.3 is 0 Å². The zero-order valence-corrected chi connectivity index (χ0v) is 10.3. The van der Waals surface area contributed by atoms with Crippen molar-refractivity contribution in [2.45, 2.75) is 26.7 Å². The summed E-state index contributed by atoms with van der Waals surface area (Å²) >= 11 is 0. The lowest BCUT2D eigenvalue weighted by Gasteiger charge is -2.06. The first-order valence-electron chi connectivity index (χ1n) is 5.88. The number of benzene rings is 1. The Kier molecular flexibility index (Phi) is 1.82. The van der Waals surface area contributed by atoms with Crippen molar-refractivity contribution in [3.05, 3.63) is 41.1 Å². The van der Waals surface area contributed by atoms with Gasteiger partial charge in [-0.1, -0.05) is 30.7 Å². The van der Waals surface area contributed by atoms with Crippen molar-refractivity contribution in [2.75, 3.05) is 0 Å². The molecule has 82 valence electrons. The zero-order chi connectivity index (χ0) is 11.4. The Morgan fingerprint density at radius 3 is 2.56 bits per heavy atom. The highest BCUT2D eigenvalue weighted by atomic mass is 15.0. The van der Waals surface area contributed by atoms with E-state index in [0.717, 1.165) is 0 Å². The van der Waals surface area contributed by atoms with E-state index in [4.69, 9.17) is 0 Å². The second kappa shape index (κ2) is 3.00. The van der Waals surface area contributed by atoms with Crippen molar-refractivity contribution >= 4 is 16.5 Å². The van der Waals surface area contributed by atoms with Gasteiger partial charge in [0.2, 0.25) is 0 Å². The molecule has 1 aromatic carbocycles. The van der Waals surface area contributed by atoms with Gasteiger partial charge in [0.05, 0.1) is 0 Å². The van der Waals surface area contributed by atoms with Gasteiger partial charge in [0.25, 0.3) is 0 Å². The maximum atomic E-state index is 2.34. The predicted octanol–water partition coefficient (Wildman–Crippen LogP) is 4.09. The minimum absolute atomic E-state index is 0.570. The molecule has 1 aliphatic carbocycles. The summed E-state index contributed by atoms with van der Waals surface area (Å²) in [5.41, 5.74) is 7.29. The molecule has 0 spiro atoms. The summed E-state index contributed by atoms with van der Waals surface area (Å²) in [5, 5.41) is 1.42. The van der Waals surface area contributed by atoms with E-state index in [2.05, 4.69) is 56.7 Å². The summed E-state index contributed by atoms with van der Waals surface area (Å²) in [6, 6.07) is 8.71. The molecule has 0 amide bonds. The highest BCUT2D eigenvalue weighted by Gasteiger charge is 2.28. The van der Waals surface area contributed by atoms with Crippen LogP contribution < -0.4 is 0 Å². The molecule has 1 aliphatic rings. The molecule has 0 saturated heterocycles. The molecule has 0 bridgehead atoms. The SMILES string of the molecule is CC1=C(C)C(C)c2c1n(C)c1ccccc21. The monoisotopic (exact) mass is 211 g/mol. The van der Waals surface area contributed by atoms with E-state index >= 15 is 0 Å². The van der Waals surface area contributed by atoms with Crippen LogP contribution in [0.1, 0.15) is 37.9 Å². The molecule has 1 unspecified atom stereocenters. The van der Waals surface area contributed by atoms with E-state index in [1.165, 1.54) is 33.3 Å². The van der Waals surface area contributed by atoms with Crippen LogP contribution in [0.25, 0.3) is 16.5 Å². The molecule has 1 nitrogen and oxygen atoms in total. The third-order valence-electron chi connectivity index (χ3n) is 4.18. The summed E-state index contributed by atoms with van der Waals surface area (Å²) in [5.74, 6) is 0.570. The quantitative estimate of drug-likeness (QED) is 0.618. The average molecular weight is 211 g/mol. The molecular weight excluding hydrogens is 194 g/mol. The number of hydrogen-bond acceptors (Lipinski definition) is 0. The molecule has 3 rings (SSSR count). The van der Waals surface area contributed by atoms with Crippen LogP contribution in [-0.4, -0.2) is 4.57 Å². The summed E-state index contributed by atoms with van der Waals surface area (Å²) in [6.45, 7) is 6.82. The molecule has 0 aliphatic heterocycles. The number of rotatable bonds is 0. The average Bonchev–Trinajstić information content (AvgIpc) is 2.71. The largest absolute Gasteiger partial charge is 0.344 e. The molecule has 16 heavy (non-hydrogen) atoms. The van der Waals surface area contributed by atoms with Gasteiger partial charge in [-0.25, -0.2) is 0 Å². The van der Waals surface area contributed by atoms with Crippen molar-refractivity contribution in [3.8, 4) is 0 Å². The van der Waals surface area contributed by atoms with Gasteiger partial charge in [-0.05, 0) is 31.1 Å². The Bertz CT molecular complexity index is 614. The molecule has 0 fully saturated rings. The van der Waals surface area contributed by atoms with E-state index in [9.17, 15) is 0 Å². The van der Waals surface area contributed by atoms with Gasteiger partial charge in [-0.2, -0.15) is 0 Å². The Labute approximate surface area is 96.4 Å². The highest BCUT2D eigenvalue weighted by Crippen LogP contribution is 2.45.